The minimum Gasteiger partial charge on any atom is -0.393 e. The zero-order valence-electron chi connectivity index (χ0n) is 9.56. The molecule has 1 aromatic rings. The molecule has 16 heavy (non-hydrogen) atoms. The number of aryl methyl sites for hydroxylation is 1. The molecule has 0 heterocycles. The van der Waals surface area contributed by atoms with Gasteiger partial charge in [-0.2, -0.15) is 0 Å². The van der Waals surface area contributed by atoms with Crippen LogP contribution in [-0.4, -0.2) is 17.4 Å². The van der Waals surface area contributed by atoms with Gasteiger partial charge in [0.25, 0.3) is 0 Å². The summed E-state index contributed by atoms with van der Waals surface area (Å²) in [7, 11) is 0. The van der Waals surface area contributed by atoms with Crippen LogP contribution in [0.1, 0.15) is 18.9 Å². The van der Waals surface area contributed by atoms with Crippen molar-refractivity contribution in [2.45, 2.75) is 20.3 Å². The van der Waals surface area contributed by atoms with Crippen LogP contribution < -0.4 is 10.6 Å². The van der Waals surface area contributed by atoms with Crippen molar-refractivity contribution in [2.75, 3.05) is 11.4 Å². The molecule has 0 fully saturated rings. The fraction of sp³-hybridized carbons (Fsp3) is 0.333. The van der Waals surface area contributed by atoms with E-state index >= 15 is 0 Å². The molecular weight excluding hydrogens is 220 g/mol. The van der Waals surface area contributed by atoms with Crippen LogP contribution >= 0.6 is 12.2 Å². The van der Waals surface area contributed by atoms with Crippen LogP contribution in [0.4, 0.5) is 5.69 Å². The molecule has 0 aliphatic heterocycles. The van der Waals surface area contributed by atoms with Crippen molar-refractivity contribution < 1.29 is 4.79 Å². The predicted molar refractivity (Wildman–Crippen MR) is 70.6 cm³/mol. The number of carbonyl (C=O) groups excluding carboxylic acids is 1. The van der Waals surface area contributed by atoms with E-state index in [1.54, 1.807) is 4.90 Å². The first-order valence-electron chi connectivity index (χ1n) is 5.20. The summed E-state index contributed by atoms with van der Waals surface area (Å²) in [5, 5.41) is 0. The molecule has 0 atom stereocenters. The highest BCUT2D eigenvalue weighted by molar-refractivity contribution is 7.80. The van der Waals surface area contributed by atoms with E-state index < -0.39 is 0 Å². The largest absolute Gasteiger partial charge is 0.393 e. The summed E-state index contributed by atoms with van der Waals surface area (Å²) in [4.78, 5) is 13.8. The average molecular weight is 236 g/mol. The van der Waals surface area contributed by atoms with E-state index in [2.05, 4.69) is 0 Å². The van der Waals surface area contributed by atoms with E-state index in [0.717, 1.165) is 11.3 Å². The first-order valence-corrected chi connectivity index (χ1v) is 5.61. The number of nitrogens with zero attached hydrogens (tertiary/aromatic N) is 1. The Hall–Kier alpha value is -1.42. The van der Waals surface area contributed by atoms with Crippen LogP contribution in [0.2, 0.25) is 0 Å². The van der Waals surface area contributed by atoms with Gasteiger partial charge in [-0.25, -0.2) is 0 Å². The topological polar surface area (TPSA) is 46.3 Å². The molecule has 2 N–H and O–H groups in total. The fourth-order valence-electron chi connectivity index (χ4n) is 1.59. The van der Waals surface area contributed by atoms with Gasteiger partial charge in [-0.15, -0.1) is 0 Å². The quantitative estimate of drug-likeness (QED) is 0.814. The average Bonchev–Trinajstić information content (AvgIpc) is 2.20. The number of hydrogen-bond donors (Lipinski definition) is 1. The molecule has 0 aliphatic rings. The van der Waals surface area contributed by atoms with Gasteiger partial charge in [0.15, 0.2) is 0 Å². The standard InChI is InChI=1S/C12H16N2OS/c1-3-14(12(15)8-11(13)16)10-7-5-4-6-9(10)2/h4-7H,3,8H2,1-2H3,(H2,13,16). The molecule has 0 radical (unpaired) electrons. The van der Waals surface area contributed by atoms with E-state index in [4.69, 9.17) is 18.0 Å². The van der Waals surface area contributed by atoms with Gasteiger partial charge in [-0.05, 0) is 25.5 Å². The number of carbonyl (C=O) groups is 1. The van der Waals surface area contributed by atoms with E-state index in [9.17, 15) is 4.79 Å². The maximum Gasteiger partial charge on any atom is 0.233 e. The number of thiocarbonyl (C=S) groups is 1. The lowest BCUT2D eigenvalue weighted by Crippen LogP contribution is -2.33. The highest BCUT2D eigenvalue weighted by Crippen LogP contribution is 2.19. The third-order valence-electron chi connectivity index (χ3n) is 2.35. The summed E-state index contributed by atoms with van der Waals surface area (Å²) in [6.45, 7) is 4.53. The van der Waals surface area contributed by atoms with Gasteiger partial charge in [0.2, 0.25) is 5.91 Å². The molecule has 0 saturated heterocycles. The predicted octanol–water partition coefficient (Wildman–Crippen LogP) is 2.02. The Kier molecular flexibility index (Phi) is 4.43. The van der Waals surface area contributed by atoms with Crippen molar-refractivity contribution >= 4 is 28.8 Å². The summed E-state index contributed by atoms with van der Waals surface area (Å²) in [5.41, 5.74) is 7.38. The van der Waals surface area contributed by atoms with E-state index in [-0.39, 0.29) is 17.3 Å². The Morgan fingerprint density at radius 3 is 2.56 bits per heavy atom. The fourth-order valence-corrected chi connectivity index (χ4v) is 1.72. The molecule has 1 rings (SSSR count). The molecule has 0 aromatic heterocycles. The minimum absolute atomic E-state index is 0.0516. The summed E-state index contributed by atoms with van der Waals surface area (Å²) >= 11 is 4.75. The smallest absolute Gasteiger partial charge is 0.233 e. The Morgan fingerprint density at radius 1 is 1.44 bits per heavy atom. The third-order valence-corrected chi connectivity index (χ3v) is 2.49. The number of hydrogen-bond acceptors (Lipinski definition) is 2. The molecule has 0 aliphatic carbocycles. The van der Waals surface area contributed by atoms with Gasteiger partial charge in [-0.3, -0.25) is 4.79 Å². The maximum atomic E-state index is 11.9. The highest BCUT2D eigenvalue weighted by Gasteiger charge is 2.15. The zero-order chi connectivity index (χ0) is 12.1. The molecule has 0 spiro atoms. The van der Waals surface area contributed by atoms with Crippen molar-refractivity contribution in [1.29, 1.82) is 0 Å². The number of amides is 1. The SMILES string of the molecule is CCN(C(=O)CC(N)=S)c1ccccc1C. The van der Waals surface area contributed by atoms with Crippen molar-refractivity contribution in [2.24, 2.45) is 5.73 Å². The zero-order valence-corrected chi connectivity index (χ0v) is 10.4. The lowest BCUT2D eigenvalue weighted by Gasteiger charge is -2.22. The first kappa shape index (κ1) is 12.6. The van der Waals surface area contributed by atoms with E-state index in [1.807, 2.05) is 38.1 Å². The highest BCUT2D eigenvalue weighted by atomic mass is 32.1. The molecular formula is C12H16N2OS. The Morgan fingerprint density at radius 2 is 2.06 bits per heavy atom. The van der Waals surface area contributed by atoms with Crippen LogP contribution in [0.3, 0.4) is 0 Å². The van der Waals surface area contributed by atoms with Crippen LogP contribution in [0.15, 0.2) is 24.3 Å². The Labute approximate surface area is 101 Å². The number of anilines is 1. The normalized spacial score (nSPS) is 9.88. The van der Waals surface area contributed by atoms with Gasteiger partial charge >= 0.3 is 0 Å². The Bertz CT molecular complexity index is 404. The molecule has 4 heteroatoms. The molecule has 1 aromatic carbocycles. The van der Waals surface area contributed by atoms with Gasteiger partial charge in [0.1, 0.15) is 0 Å². The first-order chi connectivity index (χ1) is 7.56. The van der Waals surface area contributed by atoms with Gasteiger partial charge in [0.05, 0.1) is 11.4 Å². The molecule has 3 nitrogen and oxygen atoms in total. The maximum absolute atomic E-state index is 11.9. The summed E-state index contributed by atoms with van der Waals surface area (Å²) < 4.78 is 0. The second kappa shape index (κ2) is 5.61. The summed E-state index contributed by atoms with van der Waals surface area (Å²) in [5.74, 6) is -0.0516. The van der Waals surface area contributed by atoms with Crippen molar-refractivity contribution in [1.82, 2.24) is 0 Å². The third kappa shape index (κ3) is 3.03. The number of benzene rings is 1. The molecule has 1 amide bonds. The van der Waals surface area contributed by atoms with Gasteiger partial charge < -0.3 is 10.6 Å². The monoisotopic (exact) mass is 236 g/mol. The lowest BCUT2D eigenvalue weighted by molar-refractivity contribution is -0.117. The van der Waals surface area contributed by atoms with Gasteiger partial charge in [0, 0.05) is 12.2 Å². The van der Waals surface area contributed by atoms with Crippen LogP contribution in [0.5, 0.6) is 0 Å². The van der Waals surface area contributed by atoms with Crippen LogP contribution in [0, 0.1) is 6.92 Å². The lowest BCUT2D eigenvalue weighted by atomic mass is 10.1. The number of rotatable bonds is 4. The van der Waals surface area contributed by atoms with Crippen LogP contribution in [0.25, 0.3) is 0 Å². The number of nitrogens with two attached hydrogens (primary N) is 1. The van der Waals surface area contributed by atoms with Crippen LogP contribution in [-0.2, 0) is 4.79 Å². The molecule has 0 unspecified atom stereocenters. The second-order valence-electron chi connectivity index (χ2n) is 3.57. The van der Waals surface area contributed by atoms with E-state index in [0.29, 0.717) is 6.54 Å². The van der Waals surface area contributed by atoms with Crippen molar-refractivity contribution in [3.8, 4) is 0 Å². The summed E-state index contributed by atoms with van der Waals surface area (Å²) in [6.07, 6.45) is 0.123. The van der Waals surface area contributed by atoms with E-state index in [1.165, 1.54) is 0 Å². The van der Waals surface area contributed by atoms with Crippen molar-refractivity contribution in [3.63, 3.8) is 0 Å². The minimum atomic E-state index is -0.0516. The van der Waals surface area contributed by atoms with Gasteiger partial charge in [-0.1, -0.05) is 30.4 Å². The Balaban J connectivity index is 2.94. The molecule has 86 valence electrons. The molecule has 0 bridgehead atoms. The molecule has 0 saturated carbocycles. The summed E-state index contributed by atoms with van der Waals surface area (Å²) in [6, 6.07) is 7.77. The second-order valence-corrected chi connectivity index (χ2v) is 4.09. The number of para-hydroxylation sites is 1. The van der Waals surface area contributed by atoms with Crippen molar-refractivity contribution in [3.05, 3.63) is 29.8 Å².